The number of ether oxygens (including phenoxy) is 1. The van der Waals surface area contributed by atoms with E-state index in [1.807, 2.05) is 6.07 Å². The molecule has 0 fully saturated rings. The van der Waals surface area contributed by atoms with E-state index in [-0.39, 0.29) is 27.9 Å². The van der Waals surface area contributed by atoms with Crippen molar-refractivity contribution < 1.29 is 28.8 Å². The summed E-state index contributed by atoms with van der Waals surface area (Å²) in [5, 5.41) is 23.5. The highest BCUT2D eigenvalue weighted by atomic mass is 16.6. The first-order valence-electron chi connectivity index (χ1n) is 10.3. The van der Waals surface area contributed by atoms with Crippen LogP contribution in [0.2, 0.25) is 0 Å². The van der Waals surface area contributed by atoms with Crippen molar-refractivity contribution in [1.82, 2.24) is 0 Å². The molecule has 0 aliphatic heterocycles. The van der Waals surface area contributed by atoms with Crippen molar-refractivity contribution in [3.05, 3.63) is 104 Å². The topological polar surface area (TPSA) is 156 Å². The number of benzene rings is 3. The summed E-state index contributed by atoms with van der Waals surface area (Å²) >= 11 is 0. The summed E-state index contributed by atoms with van der Waals surface area (Å²) < 4.78 is 5.12. The highest BCUT2D eigenvalue weighted by molar-refractivity contribution is 6.30. The Morgan fingerprint density at radius 1 is 0.971 bits per heavy atom. The van der Waals surface area contributed by atoms with Gasteiger partial charge >= 0.3 is 5.97 Å². The number of nitriles is 1. The van der Waals surface area contributed by atoms with Crippen molar-refractivity contribution in [3.63, 3.8) is 0 Å². The second kappa shape index (κ2) is 8.99. The predicted molar refractivity (Wildman–Crippen MR) is 121 cm³/mol. The first-order chi connectivity index (χ1) is 16.7. The van der Waals surface area contributed by atoms with Gasteiger partial charge in [-0.2, -0.15) is 5.26 Å². The van der Waals surface area contributed by atoms with Crippen LogP contribution in [0.25, 0.3) is 0 Å². The molecule has 10 nitrogen and oxygen atoms in total. The fourth-order valence-corrected chi connectivity index (χ4v) is 3.72. The van der Waals surface area contributed by atoms with Gasteiger partial charge in [-0.05, 0) is 31.2 Å². The van der Waals surface area contributed by atoms with Gasteiger partial charge in [0.05, 0.1) is 16.2 Å². The maximum Gasteiger partial charge on any atom is 0.345 e. The quantitative estimate of drug-likeness (QED) is 0.265. The molecule has 1 aliphatic rings. The smallest absolute Gasteiger partial charge is 0.345 e. The Kier molecular flexibility index (Phi) is 5.91. The standard InChI is InChI=1S/C25H15N3O7/c1-13(24(31)27-19-9-5-2-6-14(19)12-26)35-25(32)18-11-10-17-20(21(18)28(33)34)23(30)16-8-4-3-7-15(16)22(17)29/h2-11,13H,1H3,(H,27,31). The molecule has 1 unspecified atom stereocenters. The number of fused-ring (bicyclic) bond motifs is 2. The van der Waals surface area contributed by atoms with Crippen LogP contribution >= 0.6 is 0 Å². The van der Waals surface area contributed by atoms with Gasteiger partial charge < -0.3 is 10.1 Å². The molecule has 0 heterocycles. The molecule has 0 saturated heterocycles. The third-order valence-electron chi connectivity index (χ3n) is 5.43. The third kappa shape index (κ3) is 4.02. The Bertz CT molecular complexity index is 1490. The van der Waals surface area contributed by atoms with Crippen LogP contribution in [0, 0.1) is 21.4 Å². The zero-order valence-electron chi connectivity index (χ0n) is 18.1. The molecule has 3 aromatic rings. The number of nitro benzene ring substituents is 1. The molecule has 1 N–H and O–H groups in total. The summed E-state index contributed by atoms with van der Waals surface area (Å²) in [6, 6.07) is 16.2. The average Bonchev–Trinajstić information content (AvgIpc) is 2.86. The predicted octanol–water partition coefficient (Wildman–Crippen LogP) is 3.43. The van der Waals surface area contributed by atoms with Gasteiger partial charge in [0, 0.05) is 16.7 Å². The van der Waals surface area contributed by atoms with E-state index in [2.05, 4.69) is 5.32 Å². The van der Waals surface area contributed by atoms with Crippen molar-refractivity contribution in [2.75, 3.05) is 5.32 Å². The normalized spacial score (nSPS) is 12.6. The molecule has 1 atom stereocenters. The maximum absolute atomic E-state index is 13.0. The van der Waals surface area contributed by atoms with Crippen LogP contribution in [0.1, 0.15) is 54.7 Å². The van der Waals surface area contributed by atoms with Gasteiger partial charge in [-0.3, -0.25) is 24.5 Å². The van der Waals surface area contributed by atoms with Gasteiger partial charge in [0.1, 0.15) is 17.2 Å². The number of hydrogen-bond acceptors (Lipinski definition) is 8. The van der Waals surface area contributed by atoms with Gasteiger partial charge in [-0.1, -0.05) is 36.4 Å². The molecule has 4 rings (SSSR count). The van der Waals surface area contributed by atoms with E-state index in [1.165, 1.54) is 37.3 Å². The second-order valence-electron chi connectivity index (χ2n) is 7.54. The number of ketones is 2. The lowest BCUT2D eigenvalue weighted by Crippen LogP contribution is -2.31. The summed E-state index contributed by atoms with van der Waals surface area (Å²) in [5.74, 6) is -3.35. The van der Waals surface area contributed by atoms with E-state index in [0.717, 1.165) is 12.1 Å². The zero-order valence-corrected chi connectivity index (χ0v) is 18.1. The van der Waals surface area contributed by atoms with E-state index in [9.17, 15) is 29.3 Å². The van der Waals surface area contributed by atoms with Crippen molar-refractivity contribution in [3.8, 4) is 6.07 Å². The Morgan fingerprint density at radius 3 is 2.26 bits per heavy atom. The van der Waals surface area contributed by atoms with E-state index < -0.39 is 51.3 Å². The Labute approximate surface area is 197 Å². The van der Waals surface area contributed by atoms with Crippen molar-refractivity contribution in [1.29, 1.82) is 5.26 Å². The molecule has 0 spiro atoms. The molecule has 0 aromatic heterocycles. The number of para-hydroxylation sites is 1. The van der Waals surface area contributed by atoms with Gasteiger partial charge in [0.2, 0.25) is 5.78 Å². The molecule has 1 aliphatic carbocycles. The molecular weight excluding hydrogens is 454 g/mol. The van der Waals surface area contributed by atoms with E-state index >= 15 is 0 Å². The average molecular weight is 469 g/mol. The largest absolute Gasteiger partial charge is 0.449 e. The van der Waals surface area contributed by atoms with Crippen LogP contribution in [0.5, 0.6) is 0 Å². The summed E-state index contributed by atoms with van der Waals surface area (Å²) in [7, 11) is 0. The van der Waals surface area contributed by atoms with Crippen molar-refractivity contribution in [2.45, 2.75) is 13.0 Å². The minimum Gasteiger partial charge on any atom is -0.449 e. The first kappa shape index (κ1) is 23.0. The molecule has 0 radical (unpaired) electrons. The van der Waals surface area contributed by atoms with Gasteiger partial charge in [-0.15, -0.1) is 0 Å². The molecular formula is C25H15N3O7. The summed E-state index contributed by atoms with van der Waals surface area (Å²) in [5.41, 5.74) is -1.67. The SMILES string of the molecule is CC(OC(=O)c1ccc2c(c1[N+](=O)[O-])C(=O)c1ccccc1C2=O)C(=O)Nc1ccccc1C#N. The van der Waals surface area contributed by atoms with Crippen LogP contribution in [0.4, 0.5) is 11.4 Å². The van der Waals surface area contributed by atoms with E-state index in [1.54, 1.807) is 18.2 Å². The van der Waals surface area contributed by atoms with Crippen LogP contribution in [-0.2, 0) is 9.53 Å². The molecule has 3 aromatic carbocycles. The molecule has 172 valence electrons. The number of esters is 1. The lowest BCUT2D eigenvalue weighted by atomic mass is 9.82. The Balaban J connectivity index is 1.65. The van der Waals surface area contributed by atoms with Crippen LogP contribution in [-0.4, -0.2) is 34.5 Å². The highest BCUT2D eigenvalue weighted by Crippen LogP contribution is 2.36. The molecule has 0 bridgehead atoms. The second-order valence-corrected chi connectivity index (χ2v) is 7.54. The number of nitro groups is 1. The number of rotatable bonds is 5. The van der Waals surface area contributed by atoms with Crippen LogP contribution in [0.15, 0.2) is 60.7 Å². The van der Waals surface area contributed by atoms with Crippen molar-refractivity contribution >= 4 is 34.8 Å². The zero-order chi connectivity index (χ0) is 25.3. The van der Waals surface area contributed by atoms with E-state index in [0.29, 0.717) is 0 Å². The number of anilines is 1. The van der Waals surface area contributed by atoms with Gasteiger partial charge in [0.15, 0.2) is 11.9 Å². The lowest BCUT2D eigenvalue weighted by molar-refractivity contribution is -0.385. The minimum atomic E-state index is -1.40. The summed E-state index contributed by atoms with van der Waals surface area (Å²) in [6.45, 7) is 1.25. The molecule has 10 heteroatoms. The molecule has 0 saturated carbocycles. The van der Waals surface area contributed by atoms with Gasteiger partial charge in [0.25, 0.3) is 11.6 Å². The third-order valence-corrected chi connectivity index (χ3v) is 5.43. The summed E-state index contributed by atoms with van der Waals surface area (Å²) in [4.78, 5) is 62.2. The lowest BCUT2D eigenvalue weighted by Gasteiger charge is -2.19. The van der Waals surface area contributed by atoms with Gasteiger partial charge in [-0.25, -0.2) is 4.79 Å². The van der Waals surface area contributed by atoms with E-state index in [4.69, 9.17) is 10.00 Å². The van der Waals surface area contributed by atoms with Crippen LogP contribution in [0.3, 0.4) is 0 Å². The number of carbonyl (C=O) groups is 4. The number of carbonyl (C=O) groups excluding carboxylic acids is 4. The number of nitrogens with zero attached hydrogens (tertiary/aromatic N) is 2. The number of nitrogens with one attached hydrogen (secondary N) is 1. The summed E-state index contributed by atoms with van der Waals surface area (Å²) in [6.07, 6.45) is -1.40. The number of hydrogen-bond donors (Lipinski definition) is 1. The monoisotopic (exact) mass is 469 g/mol. The maximum atomic E-state index is 13.0. The Morgan fingerprint density at radius 2 is 1.60 bits per heavy atom. The van der Waals surface area contributed by atoms with Crippen molar-refractivity contribution in [2.24, 2.45) is 0 Å². The van der Waals surface area contributed by atoms with Crippen LogP contribution < -0.4 is 5.32 Å². The molecule has 1 amide bonds. The fraction of sp³-hybridized carbons (Fsp3) is 0.0800. The first-order valence-corrected chi connectivity index (χ1v) is 10.3. The minimum absolute atomic E-state index is 0.0116. The fourth-order valence-electron chi connectivity index (χ4n) is 3.72. The molecule has 35 heavy (non-hydrogen) atoms. The Hall–Kier alpha value is -5.17. The number of amides is 1. The highest BCUT2D eigenvalue weighted by Gasteiger charge is 2.39.